The number of nitrogens with one attached hydrogen (secondary N) is 2. The van der Waals surface area contributed by atoms with Gasteiger partial charge >= 0.3 is 12.1 Å². The fourth-order valence-corrected chi connectivity index (χ4v) is 5.44. The summed E-state index contributed by atoms with van der Waals surface area (Å²) in [6, 6.07) is 12.8. The maximum atomic E-state index is 15.1. The highest BCUT2D eigenvalue weighted by molar-refractivity contribution is 5.83. The van der Waals surface area contributed by atoms with Crippen molar-refractivity contribution in [2.75, 3.05) is 44.2 Å². The lowest BCUT2D eigenvalue weighted by Crippen LogP contribution is -2.85. The van der Waals surface area contributed by atoms with E-state index in [1.807, 2.05) is 42.2 Å². The largest absolute Gasteiger partial charge is 0.404 e. The number of nitrogens with zero attached hydrogens (tertiary/aromatic N) is 2. The van der Waals surface area contributed by atoms with Crippen molar-refractivity contribution in [1.82, 2.24) is 15.5 Å². The van der Waals surface area contributed by atoms with Gasteiger partial charge in [0.25, 0.3) is 0 Å². The molecule has 2 aliphatic heterocycles. The Hall–Kier alpha value is -3.02. The second kappa shape index (κ2) is 12.9. The number of likely N-dealkylation sites (N-methyl/N-ethyl adjacent to an activating group) is 1. The van der Waals surface area contributed by atoms with Crippen molar-refractivity contribution in [3.05, 3.63) is 59.9 Å². The van der Waals surface area contributed by atoms with Gasteiger partial charge in [-0.1, -0.05) is 30.3 Å². The number of benzene rings is 2. The number of hydrogen-bond acceptors (Lipinski definition) is 5. The van der Waals surface area contributed by atoms with Gasteiger partial charge in [0.05, 0.1) is 5.69 Å². The summed E-state index contributed by atoms with van der Waals surface area (Å²) in [4.78, 5) is 29.3. The third-order valence-corrected chi connectivity index (χ3v) is 7.44. The summed E-state index contributed by atoms with van der Waals surface area (Å²) in [7, 11) is 0. The van der Waals surface area contributed by atoms with Crippen LogP contribution < -0.4 is 20.9 Å². The summed E-state index contributed by atoms with van der Waals surface area (Å²) in [6.45, 7) is 4.99. The lowest BCUT2D eigenvalue weighted by molar-refractivity contribution is -0.492. The Morgan fingerprint density at radius 3 is 2.41 bits per heavy atom. The Balaban J connectivity index is 1.40. The number of carbonyl (C=O) groups excluding carboxylic acids is 2. The van der Waals surface area contributed by atoms with Gasteiger partial charge in [0.1, 0.15) is 11.7 Å². The number of halogens is 4. The topological polar surface area (TPSA) is 81.3 Å². The number of nitrogens with two attached hydrogens (primary N) is 1. The Morgan fingerprint density at radius 2 is 1.82 bits per heavy atom. The molecule has 0 spiro atoms. The van der Waals surface area contributed by atoms with E-state index in [-0.39, 0.29) is 24.1 Å². The first kappa shape index (κ1) is 29.0. The third kappa shape index (κ3) is 7.34. The minimum Gasteiger partial charge on any atom is -0.367 e. The van der Waals surface area contributed by atoms with Crippen LogP contribution in [0.5, 0.6) is 0 Å². The van der Waals surface area contributed by atoms with Crippen LogP contribution in [0, 0.1) is 11.7 Å². The van der Waals surface area contributed by atoms with Crippen LogP contribution in [0.25, 0.3) is 0 Å². The number of alkyl halides is 3. The molecule has 2 aromatic carbocycles. The smallest absolute Gasteiger partial charge is 0.367 e. The fraction of sp³-hybridized carbons (Fsp3) is 0.500. The number of quaternary nitrogens is 1. The predicted octanol–water partition coefficient (Wildman–Crippen LogP) is 2.87. The number of hydrogen-bond donors (Lipinski definition) is 3. The van der Waals surface area contributed by atoms with Crippen molar-refractivity contribution in [3.63, 3.8) is 0 Å². The Labute approximate surface area is 225 Å². The summed E-state index contributed by atoms with van der Waals surface area (Å²) in [5, 5.41) is 6.80. The molecule has 0 aromatic heterocycles. The van der Waals surface area contributed by atoms with Crippen molar-refractivity contribution in [2.24, 2.45) is 5.92 Å². The molecule has 2 aromatic rings. The molecule has 4 N–H and O–H groups in total. The van der Waals surface area contributed by atoms with Crippen molar-refractivity contribution < 1.29 is 32.5 Å². The van der Waals surface area contributed by atoms with E-state index in [9.17, 15) is 22.8 Å². The quantitative estimate of drug-likeness (QED) is 0.331. The number of amides is 2. The van der Waals surface area contributed by atoms with E-state index in [0.717, 1.165) is 23.4 Å². The summed E-state index contributed by atoms with van der Waals surface area (Å²) in [6.07, 6.45) is -3.59. The number of carbonyl (C=O) groups is 2. The van der Waals surface area contributed by atoms with Gasteiger partial charge in [-0.2, -0.15) is 13.2 Å². The molecule has 2 amide bonds. The minimum absolute atomic E-state index is 0.0891. The van der Waals surface area contributed by atoms with E-state index in [4.69, 9.17) is 0 Å². The van der Waals surface area contributed by atoms with Crippen LogP contribution in [-0.2, 0) is 9.59 Å². The molecule has 4 rings (SSSR count). The van der Waals surface area contributed by atoms with Gasteiger partial charge in [0, 0.05) is 50.9 Å². The van der Waals surface area contributed by atoms with Crippen LogP contribution in [0.1, 0.15) is 37.8 Å². The van der Waals surface area contributed by atoms with Crippen LogP contribution in [0.3, 0.4) is 0 Å². The monoisotopic (exact) mass is 550 g/mol. The maximum absolute atomic E-state index is 15.1. The molecule has 0 saturated carbocycles. The fourth-order valence-electron chi connectivity index (χ4n) is 5.44. The Morgan fingerprint density at radius 1 is 1.10 bits per heavy atom. The molecule has 212 valence electrons. The second-order valence-corrected chi connectivity index (χ2v) is 10.1. The Kier molecular flexibility index (Phi) is 9.58. The zero-order chi connectivity index (χ0) is 28.0. The van der Waals surface area contributed by atoms with E-state index in [0.29, 0.717) is 51.4 Å². The Bertz CT molecular complexity index is 1120. The van der Waals surface area contributed by atoms with E-state index in [2.05, 4.69) is 15.5 Å². The molecule has 3 atom stereocenters. The lowest BCUT2D eigenvalue weighted by Gasteiger charge is -2.39. The normalized spacial score (nSPS) is 20.0. The van der Waals surface area contributed by atoms with Crippen molar-refractivity contribution in [3.8, 4) is 0 Å². The summed E-state index contributed by atoms with van der Waals surface area (Å²) in [5.74, 6) is -3.87. The van der Waals surface area contributed by atoms with Gasteiger partial charge in [-0.25, -0.2) is 9.18 Å². The van der Waals surface area contributed by atoms with Crippen LogP contribution in [0.15, 0.2) is 48.5 Å². The van der Waals surface area contributed by atoms with Gasteiger partial charge in [-0.05, 0) is 44.4 Å². The SMILES string of the molecule is CCNC(=O)C(c1ccccc1)N1CCN(c2ccc([NH2+]C(=O)C(CC3CCCN3)C(F)(F)F)cc2F)CC1. The molecule has 7 nitrogen and oxygen atoms in total. The molecular formula is C28H36F4N5O2+. The van der Waals surface area contributed by atoms with Crippen LogP contribution >= 0.6 is 0 Å². The molecule has 3 unspecified atom stereocenters. The standard InChI is InChI=1S/C28H35F4N5O2/c1-2-33-27(39)25(19-7-4-3-5-8-19)37-15-13-36(14-16-37)24-11-10-21(18-23(24)29)35-26(38)22(28(30,31)32)17-20-9-6-12-34-20/h3-5,7-8,10-11,18,20,22,25,34H,2,6,9,12-17H2,1H3,(H,33,39)(H,35,38)/p+1. The number of rotatable bonds is 9. The van der Waals surface area contributed by atoms with E-state index in [1.54, 1.807) is 0 Å². The maximum Gasteiger partial charge on any atom is 0.404 e. The predicted molar refractivity (Wildman–Crippen MR) is 140 cm³/mol. The molecular weight excluding hydrogens is 514 g/mol. The molecule has 39 heavy (non-hydrogen) atoms. The van der Waals surface area contributed by atoms with E-state index in [1.165, 1.54) is 12.1 Å². The highest BCUT2D eigenvalue weighted by atomic mass is 19.4. The molecule has 2 saturated heterocycles. The van der Waals surface area contributed by atoms with Crippen molar-refractivity contribution >= 4 is 23.2 Å². The average Bonchev–Trinajstić information content (AvgIpc) is 3.42. The molecule has 0 aliphatic carbocycles. The average molecular weight is 551 g/mol. The van der Waals surface area contributed by atoms with E-state index < -0.39 is 29.9 Å². The first-order valence-corrected chi connectivity index (χ1v) is 13.5. The molecule has 11 heteroatoms. The van der Waals surface area contributed by atoms with Gasteiger partial charge in [-0.15, -0.1) is 0 Å². The van der Waals surface area contributed by atoms with E-state index >= 15 is 4.39 Å². The minimum atomic E-state index is -4.67. The van der Waals surface area contributed by atoms with Gasteiger partial charge in [-0.3, -0.25) is 15.0 Å². The highest BCUT2D eigenvalue weighted by Crippen LogP contribution is 2.32. The second-order valence-electron chi connectivity index (χ2n) is 10.1. The first-order chi connectivity index (χ1) is 18.7. The van der Waals surface area contributed by atoms with Crippen molar-refractivity contribution in [2.45, 2.75) is 44.4 Å². The van der Waals surface area contributed by atoms with Crippen LogP contribution in [-0.4, -0.2) is 68.2 Å². The summed E-state index contributed by atoms with van der Waals surface area (Å²) >= 11 is 0. The molecule has 2 heterocycles. The highest BCUT2D eigenvalue weighted by Gasteiger charge is 2.48. The number of anilines is 1. The zero-order valence-electron chi connectivity index (χ0n) is 22.0. The van der Waals surface area contributed by atoms with Crippen LogP contribution in [0.2, 0.25) is 0 Å². The molecule has 2 aliphatic rings. The molecule has 0 radical (unpaired) electrons. The lowest BCUT2D eigenvalue weighted by atomic mass is 9.97. The molecule has 2 fully saturated rings. The van der Waals surface area contributed by atoms with Gasteiger partial charge in [0.2, 0.25) is 5.91 Å². The van der Waals surface area contributed by atoms with Crippen molar-refractivity contribution in [1.29, 1.82) is 0 Å². The first-order valence-electron chi connectivity index (χ1n) is 13.5. The number of primary amides is 1. The van der Waals surface area contributed by atoms with Gasteiger partial charge < -0.3 is 15.5 Å². The summed E-state index contributed by atoms with van der Waals surface area (Å²) in [5.41, 5.74) is 1.30. The van der Waals surface area contributed by atoms with Gasteiger partial charge in [0.15, 0.2) is 11.7 Å². The zero-order valence-corrected chi connectivity index (χ0v) is 22.0. The third-order valence-electron chi connectivity index (χ3n) is 7.44. The summed E-state index contributed by atoms with van der Waals surface area (Å²) < 4.78 is 56.0. The number of piperazine rings is 1. The van der Waals surface area contributed by atoms with Crippen LogP contribution in [0.4, 0.5) is 28.9 Å². The molecule has 0 bridgehead atoms.